The molecule has 1 heterocycles. The molecule has 0 amide bonds. The number of fused-ring (bicyclic) bond motifs is 1. The lowest BCUT2D eigenvalue weighted by molar-refractivity contribution is -0.0122. The van der Waals surface area contributed by atoms with Crippen molar-refractivity contribution in [3.63, 3.8) is 0 Å². The summed E-state index contributed by atoms with van der Waals surface area (Å²) in [5.74, 6) is -0.253. The van der Waals surface area contributed by atoms with Gasteiger partial charge in [0.05, 0.1) is 0 Å². The Bertz CT molecular complexity index is 712. The van der Waals surface area contributed by atoms with Crippen molar-refractivity contribution < 1.29 is 29.9 Å². The van der Waals surface area contributed by atoms with Crippen LogP contribution in [-0.4, -0.2) is 33.6 Å². The summed E-state index contributed by atoms with van der Waals surface area (Å²) in [6.45, 7) is 0. The van der Waals surface area contributed by atoms with E-state index in [-0.39, 0.29) is 29.1 Å². The summed E-state index contributed by atoms with van der Waals surface area (Å²) in [6.07, 6.45) is -0.526. The molecule has 0 bridgehead atoms. The molecule has 2 aromatic rings. The third kappa shape index (κ3) is 2.37. The summed E-state index contributed by atoms with van der Waals surface area (Å²) in [4.78, 5) is 0. The van der Waals surface area contributed by atoms with Crippen LogP contribution in [0.1, 0.15) is 17.2 Å². The molecule has 0 aliphatic carbocycles. The van der Waals surface area contributed by atoms with E-state index in [1.807, 2.05) is 0 Å². The summed E-state index contributed by atoms with van der Waals surface area (Å²) in [7, 11) is 1.53. The molecule has 6 heteroatoms. The Balaban J connectivity index is 2.02. The van der Waals surface area contributed by atoms with Gasteiger partial charge in [0.15, 0.2) is 17.6 Å². The molecule has 4 N–H and O–H groups in total. The van der Waals surface area contributed by atoms with Crippen LogP contribution in [0.15, 0.2) is 30.3 Å². The number of hydrogen-bond donors (Lipinski definition) is 4. The highest BCUT2D eigenvalue weighted by Crippen LogP contribution is 2.43. The molecule has 0 unspecified atom stereocenters. The average molecular weight is 304 g/mol. The smallest absolute Gasteiger partial charge is 0.157 e. The fourth-order valence-corrected chi connectivity index (χ4v) is 2.65. The third-order valence-corrected chi connectivity index (χ3v) is 3.80. The van der Waals surface area contributed by atoms with Crippen molar-refractivity contribution in [3.05, 3.63) is 41.5 Å². The third-order valence-electron chi connectivity index (χ3n) is 3.80. The Morgan fingerprint density at radius 3 is 2.45 bits per heavy atom. The highest BCUT2D eigenvalue weighted by atomic mass is 16.5. The van der Waals surface area contributed by atoms with Crippen molar-refractivity contribution in [2.24, 2.45) is 0 Å². The molecule has 2 atom stereocenters. The van der Waals surface area contributed by atoms with Gasteiger partial charge in [0, 0.05) is 31.2 Å². The summed E-state index contributed by atoms with van der Waals surface area (Å²) in [5.41, 5.74) is 1.18. The first-order valence-corrected chi connectivity index (χ1v) is 6.75. The van der Waals surface area contributed by atoms with Crippen LogP contribution in [0.5, 0.6) is 28.7 Å². The maximum atomic E-state index is 9.92. The Kier molecular flexibility index (Phi) is 3.46. The minimum absolute atomic E-state index is 0.0518. The van der Waals surface area contributed by atoms with E-state index in [0.717, 1.165) is 0 Å². The average Bonchev–Trinajstić information content (AvgIpc) is 2.48. The maximum absolute atomic E-state index is 9.92. The van der Waals surface area contributed by atoms with E-state index in [1.54, 1.807) is 6.07 Å². The van der Waals surface area contributed by atoms with Gasteiger partial charge in [-0.3, -0.25) is 0 Å². The Hall–Kier alpha value is -2.60. The van der Waals surface area contributed by atoms with Gasteiger partial charge in [-0.05, 0) is 17.7 Å². The second kappa shape index (κ2) is 5.31. The van der Waals surface area contributed by atoms with E-state index >= 15 is 0 Å². The van der Waals surface area contributed by atoms with Crippen LogP contribution in [-0.2, 0) is 11.2 Å². The standard InChI is InChI=1S/C16H16O6/c1-21-15-7-10-12(19)5-9(17)6-14(10)22-16(15)8-2-3-11(18)13(20)4-8/h2-6,15-20H,7H2,1H3/t15-,16-/m1/s1. The largest absolute Gasteiger partial charge is 0.508 e. The van der Waals surface area contributed by atoms with Crippen molar-refractivity contribution in [1.29, 1.82) is 0 Å². The van der Waals surface area contributed by atoms with Crippen molar-refractivity contribution in [2.45, 2.75) is 18.6 Å². The SMILES string of the molecule is CO[C@@H]1Cc2c(O)cc(O)cc2O[C@@H]1c1ccc(O)c(O)c1. The molecule has 22 heavy (non-hydrogen) atoms. The lowest BCUT2D eigenvalue weighted by Crippen LogP contribution is -2.32. The summed E-state index contributed by atoms with van der Waals surface area (Å²) in [5, 5.41) is 38.6. The van der Waals surface area contributed by atoms with E-state index in [2.05, 4.69) is 0 Å². The number of phenols is 4. The normalized spacial score (nSPS) is 20.2. The minimum atomic E-state index is -0.537. The second-order valence-electron chi connectivity index (χ2n) is 5.21. The zero-order valence-electron chi connectivity index (χ0n) is 11.9. The highest BCUT2D eigenvalue weighted by molar-refractivity contribution is 5.52. The zero-order valence-corrected chi connectivity index (χ0v) is 11.9. The number of benzene rings is 2. The van der Waals surface area contributed by atoms with Crippen LogP contribution in [0.25, 0.3) is 0 Å². The van der Waals surface area contributed by atoms with E-state index in [9.17, 15) is 20.4 Å². The van der Waals surface area contributed by atoms with Gasteiger partial charge in [-0.2, -0.15) is 0 Å². The Morgan fingerprint density at radius 2 is 1.77 bits per heavy atom. The fourth-order valence-electron chi connectivity index (χ4n) is 2.65. The quantitative estimate of drug-likeness (QED) is 0.635. The van der Waals surface area contributed by atoms with Gasteiger partial charge in [-0.1, -0.05) is 6.07 Å². The van der Waals surface area contributed by atoms with Crippen LogP contribution in [0.2, 0.25) is 0 Å². The van der Waals surface area contributed by atoms with Crippen LogP contribution in [0.3, 0.4) is 0 Å². The van der Waals surface area contributed by atoms with Crippen LogP contribution < -0.4 is 4.74 Å². The van der Waals surface area contributed by atoms with Crippen molar-refractivity contribution >= 4 is 0 Å². The predicted molar refractivity (Wildman–Crippen MR) is 77.4 cm³/mol. The number of phenolic OH excluding ortho intramolecular Hbond substituents is 4. The Morgan fingerprint density at radius 1 is 1.00 bits per heavy atom. The molecule has 0 saturated heterocycles. The first-order valence-electron chi connectivity index (χ1n) is 6.75. The molecule has 2 aromatic carbocycles. The van der Waals surface area contributed by atoms with Crippen LogP contribution in [0, 0.1) is 0 Å². The monoisotopic (exact) mass is 304 g/mol. The molecule has 6 nitrogen and oxygen atoms in total. The molecule has 0 radical (unpaired) electrons. The maximum Gasteiger partial charge on any atom is 0.157 e. The second-order valence-corrected chi connectivity index (χ2v) is 5.21. The number of ether oxygens (including phenoxy) is 2. The first kappa shape index (κ1) is 14.3. The van der Waals surface area contributed by atoms with Gasteiger partial charge < -0.3 is 29.9 Å². The van der Waals surface area contributed by atoms with E-state index in [4.69, 9.17) is 9.47 Å². The molecule has 116 valence electrons. The summed E-state index contributed by atoms with van der Waals surface area (Å²) >= 11 is 0. The lowest BCUT2D eigenvalue weighted by atomic mass is 9.93. The Labute approximate surface area is 126 Å². The van der Waals surface area contributed by atoms with Gasteiger partial charge in [-0.25, -0.2) is 0 Å². The first-order chi connectivity index (χ1) is 10.5. The topological polar surface area (TPSA) is 99.4 Å². The molecular formula is C16H16O6. The zero-order chi connectivity index (χ0) is 15.9. The molecule has 0 saturated carbocycles. The van der Waals surface area contributed by atoms with Gasteiger partial charge in [0.25, 0.3) is 0 Å². The van der Waals surface area contributed by atoms with E-state index in [1.165, 1.54) is 31.4 Å². The molecule has 3 rings (SSSR count). The summed E-state index contributed by atoms with van der Waals surface area (Å²) in [6, 6.07) is 7.07. The van der Waals surface area contributed by atoms with Gasteiger partial charge in [0.2, 0.25) is 0 Å². The van der Waals surface area contributed by atoms with Crippen molar-refractivity contribution in [3.8, 4) is 28.7 Å². The van der Waals surface area contributed by atoms with Crippen LogP contribution in [0.4, 0.5) is 0 Å². The molecular weight excluding hydrogens is 288 g/mol. The van der Waals surface area contributed by atoms with Gasteiger partial charge >= 0.3 is 0 Å². The number of aromatic hydroxyl groups is 4. The number of hydrogen-bond acceptors (Lipinski definition) is 6. The molecule has 1 aliphatic heterocycles. The highest BCUT2D eigenvalue weighted by Gasteiger charge is 2.33. The fraction of sp³-hybridized carbons (Fsp3) is 0.250. The number of methoxy groups -OCH3 is 1. The van der Waals surface area contributed by atoms with Crippen LogP contribution >= 0.6 is 0 Å². The van der Waals surface area contributed by atoms with E-state index < -0.39 is 6.10 Å². The van der Waals surface area contributed by atoms with Crippen molar-refractivity contribution in [2.75, 3.05) is 7.11 Å². The minimum Gasteiger partial charge on any atom is -0.508 e. The van der Waals surface area contributed by atoms with Crippen molar-refractivity contribution in [1.82, 2.24) is 0 Å². The summed E-state index contributed by atoms with van der Waals surface area (Å²) < 4.78 is 11.3. The van der Waals surface area contributed by atoms with Gasteiger partial charge in [-0.15, -0.1) is 0 Å². The molecule has 0 spiro atoms. The predicted octanol–water partition coefficient (Wildman–Crippen LogP) is 2.20. The number of rotatable bonds is 2. The molecule has 0 fully saturated rings. The molecule has 0 aromatic heterocycles. The van der Waals surface area contributed by atoms with E-state index in [0.29, 0.717) is 23.3 Å². The van der Waals surface area contributed by atoms with Gasteiger partial charge in [0.1, 0.15) is 23.4 Å². The lowest BCUT2D eigenvalue weighted by Gasteiger charge is -2.33. The molecule has 1 aliphatic rings.